The summed E-state index contributed by atoms with van der Waals surface area (Å²) in [6.07, 6.45) is 2.02. The molecule has 0 saturated carbocycles. The van der Waals surface area contributed by atoms with Gasteiger partial charge < -0.3 is 10.2 Å². The van der Waals surface area contributed by atoms with Crippen LogP contribution in [0.15, 0.2) is 24.3 Å². The molecule has 1 atom stereocenters. The molecule has 1 aromatic carbocycles. The number of aryl methyl sites for hydroxylation is 1. The van der Waals surface area contributed by atoms with Crippen molar-refractivity contribution in [2.75, 3.05) is 16.8 Å². The highest BCUT2D eigenvalue weighted by molar-refractivity contribution is 7.15. The van der Waals surface area contributed by atoms with Crippen LogP contribution in [0.5, 0.6) is 0 Å². The summed E-state index contributed by atoms with van der Waals surface area (Å²) in [5, 5.41) is 12.5. The van der Waals surface area contributed by atoms with Crippen molar-refractivity contribution in [1.29, 1.82) is 0 Å². The van der Waals surface area contributed by atoms with Crippen LogP contribution in [-0.2, 0) is 9.59 Å². The SMILES string of the molecule is CCC(CC)C(=O)Nc1nnc([C@@H]2CC(=O)N(c3ccc(C)cc3)C2)s1. The fraction of sp³-hybridized carbons (Fsp3) is 0.474. The molecule has 0 radical (unpaired) electrons. The summed E-state index contributed by atoms with van der Waals surface area (Å²) in [4.78, 5) is 26.4. The van der Waals surface area contributed by atoms with Gasteiger partial charge >= 0.3 is 0 Å². The van der Waals surface area contributed by atoms with E-state index in [4.69, 9.17) is 0 Å². The smallest absolute Gasteiger partial charge is 0.229 e. The largest absolute Gasteiger partial charge is 0.312 e. The van der Waals surface area contributed by atoms with Crippen LogP contribution < -0.4 is 10.2 Å². The molecule has 7 heteroatoms. The molecular formula is C19H24N4O2S. The van der Waals surface area contributed by atoms with E-state index in [0.29, 0.717) is 18.1 Å². The van der Waals surface area contributed by atoms with Crippen molar-refractivity contribution in [2.45, 2.75) is 46.0 Å². The summed E-state index contributed by atoms with van der Waals surface area (Å²) < 4.78 is 0. The topological polar surface area (TPSA) is 75.2 Å². The quantitative estimate of drug-likeness (QED) is 0.838. The van der Waals surface area contributed by atoms with Crippen LogP contribution in [0.25, 0.3) is 0 Å². The summed E-state index contributed by atoms with van der Waals surface area (Å²) in [7, 11) is 0. The summed E-state index contributed by atoms with van der Waals surface area (Å²) >= 11 is 1.37. The lowest BCUT2D eigenvalue weighted by atomic mass is 10.0. The molecule has 0 aliphatic carbocycles. The molecule has 0 spiro atoms. The number of benzene rings is 1. The van der Waals surface area contributed by atoms with E-state index in [-0.39, 0.29) is 23.7 Å². The molecule has 3 rings (SSSR count). The Bertz CT molecular complexity index is 783. The van der Waals surface area contributed by atoms with E-state index in [0.717, 1.165) is 23.5 Å². The summed E-state index contributed by atoms with van der Waals surface area (Å²) in [5.74, 6) is 0.0886. The third kappa shape index (κ3) is 3.93. The van der Waals surface area contributed by atoms with Gasteiger partial charge in [-0.3, -0.25) is 9.59 Å². The molecule has 6 nitrogen and oxygen atoms in total. The van der Waals surface area contributed by atoms with Gasteiger partial charge in [0.1, 0.15) is 5.01 Å². The van der Waals surface area contributed by atoms with Gasteiger partial charge in [0.15, 0.2) is 0 Å². The molecule has 138 valence electrons. The first-order valence-electron chi connectivity index (χ1n) is 9.03. The third-order valence-electron chi connectivity index (χ3n) is 4.85. The van der Waals surface area contributed by atoms with Gasteiger partial charge in [0.05, 0.1) is 0 Å². The van der Waals surface area contributed by atoms with Crippen molar-refractivity contribution < 1.29 is 9.59 Å². The van der Waals surface area contributed by atoms with Crippen LogP contribution >= 0.6 is 11.3 Å². The second-order valence-corrected chi connectivity index (χ2v) is 7.70. The summed E-state index contributed by atoms with van der Waals surface area (Å²) in [6, 6.07) is 7.95. The van der Waals surface area contributed by atoms with Gasteiger partial charge in [-0.15, -0.1) is 10.2 Å². The highest BCUT2D eigenvalue weighted by Gasteiger charge is 2.34. The first-order valence-corrected chi connectivity index (χ1v) is 9.84. The third-order valence-corrected chi connectivity index (χ3v) is 5.85. The average molecular weight is 372 g/mol. The average Bonchev–Trinajstić information content (AvgIpc) is 3.23. The number of carbonyl (C=O) groups is 2. The molecule has 1 aromatic heterocycles. The van der Waals surface area contributed by atoms with Crippen LogP contribution in [0.2, 0.25) is 0 Å². The molecule has 1 aliphatic rings. The van der Waals surface area contributed by atoms with E-state index in [1.165, 1.54) is 16.9 Å². The maximum absolute atomic E-state index is 12.4. The Morgan fingerprint density at radius 2 is 1.96 bits per heavy atom. The summed E-state index contributed by atoms with van der Waals surface area (Å²) in [6.45, 7) is 6.63. The van der Waals surface area contributed by atoms with Gasteiger partial charge in [0.25, 0.3) is 0 Å². The van der Waals surface area contributed by atoms with Gasteiger partial charge in [-0.05, 0) is 31.9 Å². The first-order chi connectivity index (χ1) is 12.5. The van der Waals surface area contributed by atoms with Crippen LogP contribution in [-0.4, -0.2) is 28.6 Å². The van der Waals surface area contributed by atoms with Gasteiger partial charge in [-0.1, -0.05) is 42.9 Å². The molecule has 2 aromatic rings. The standard InChI is InChI=1S/C19H24N4O2S/c1-4-13(5-2)17(25)20-19-22-21-18(26-19)14-10-16(24)23(11-14)15-8-6-12(3)7-9-15/h6-9,13-14H,4-5,10-11H2,1-3H3,(H,20,22,25)/t14-/m1/s1. The van der Waals surface area contributed by atoms with Crippen molar-refractivity contribution >= 4 is 34.0 Å². The molecule has 0 bridgehead atoms. The Kier molecular flexibility index (Phi) is 5.66. The van der Waals surface area contributed by atoms with Gasteiger partial charge in [0.2, 0.25) is 16.9 Å². The molecule has 26 heavy (non-hydrogen) atoms. The van der Waals surface area contributed by atoms with Crippen molar-refractivity contribution in [1.82, 2.24) is 10.2 Å². The Morgan fingerprint density at radius 1 is 1.27 bits per heavy atom. The maximum Gasteiger partial charge on any atom is 0.229 e. The fourth-order valence-electron chi connectivity index (χ4n) is 3.16. The molecule has 2 heterocycles. The van der Waals surface area contributed by atoms with Crippen LogP contribution in [0, 0.1) is 12.8 Å². The van der Waals surface area contributed by atoms with Gasteiger partial charge in [0, 0.05) is 30.5 Å². The van der Waals surface area contributed by atoms with Crippen LogP contribution in [0.3, 0.4) is 0 Å². The Morgan fingerprint density at radius 3 is 2.62 bits per heavy atom. The van der Waals surface area contributed by atoms with Crippen molar-refractivity contribution in [3.8, 4) is 0 Å². The maximum atomic E-state index is 12.4. The zero-order chi connectivity index (χ0) is 18.7. The molecule has 1 fully saturated rings. The Hall–Kier alpha value is -2.28. The lowest BCUT2D eigenvalue weighted by molar-refractivity contribution is -0.120. The zero-order valence-corrected chi connectivity index (χ0v) is 16.2. The first kappa shape index (κ1) is 18.5. The van der Waals surface area contributed by atoms with Crippen molar-refractivity contribution in [2.24, 2.45) is 5.92 Å². The number of hydrogen-bond acceptors (Lipinski definition) is 5. The van der Waals surface area contributed by atoms with Crippen molar-refractivity contribution in [3.63, 3.8) is 0 Å². The number of nitrogens with zero attached hydrogens (tertiary/aromatic N) is 3. The summed E-state index contributed by atoms with van der Waals surface area (Å²) in [5.41, 5.74) is 2.08. The zero-order valence-electron chi connectivity index (χ0n) is 15.4. The monoisotopic (exact) mass is 372 g/mol. The van der Waals surface area contributed by atoms with E-state index in [9.17, 15) is 9.59 Å². The van der Waals surface area contributed by atoms with Crippen molar-refractivity contribution in [3.05, 3.63) is 34.8 Å². The number of aromatic nitrogens is 2. The van der Waals surface area contributed by atoms with Crippen LogP contribution in [0.4, 0.5) is 10.8 Å². The van der Waals surface area contributed by atoms with E-state index in [2.05, 4.69) is 15.5 Å². The predicted molar refractivity (Wildman–Crippen MR) is 104 cm³/mol. The fourth-order valence-corrected chi connectivity index (χ4v) is 4.00. The molecule has 1 saturated heterocycles. The van der Waals surface area contributed by atoms with Crippen LogP contribution in [0.1, 0.15) is 49.6 Å². The predicted octanol–water partition coefficient (Wildman–Crippen LogP) is 3.74. The van der Waals surface area contributed by atoms with Gasteiger partial charge in [-0.2, -0.15) is 0 Å². The number of nitrogens with one attached hydrogen (secondary N) is 1. The molecular weight excluding hydrogens is 348 g/mol. The number of hydrogen-bond donors (Lipinski definition) is 1. The van der Waals surface area contributed by atoms with E-state index < -0.39 is 0 Å². The molecule has 0 unspecified atom stereocenters. The second-order valence-electron chi connectivity index (χ2n) is 6.69. The minimum Gasteiger partial charge on any atom is -0.312 e. The van der Waals surface area contributed by atoms with E-state index in [1.54, 1.807) is 4.90 Å². The normalized spacial score (nSPS) is 17.2. The molecule has 1 N–H and O–H groups in total. The Labute approximate surface area is 157 Å². The molecule has 1 aliphatic heterocycles. The van der Waals surface area contributed by atoms with E-state index >= 15 is 0 Å². The van der Waals surface area contributed by atoms with E-state index in [1.807, 2.05) is 45.0 Å². The minimum absolute atomic E-state index is 0.00700. The highest BCUT2D eigenvalue weighted by atomic mass is 32.1. The lowest BCUT2D eigenvalue weighted by Gasteiger charge is -2.16. The Balaban J connectivity index is 1.67. The number of anilines is 2. The number of rotatable bonds is 6. The number of amides is 2. The lowest BCUT2D eigenvalue weighted by Crippen LogP contribution is -2.24. The molecule has 2 amide bonds. The minimum atomic E-state index is -0.0125. The van der Waals surface area contributed by atoms with Gasteiger partial charge in [-0.25, -0.2) is 0 Å². The number of carbonyl (C=O) groups excluding carboxylic acids is 2. The highest BCUT2D eigenvalue weighted by Crippen LogP contribution is 2.34. The second kappa shape index (κ2) is 7.95.